The molecule has 0 radical (unpaired) electrons. The summed E-state index contributed by atoms with van der Waals surface area (Å²) in [7, 11) is 0. The third-order valence-electron chi connectivity index (χ3n) is 2.89. The third-order valence-corrected chi connectivity index (χ3v) is 3.42. The summed E-state index contributed by atoms with van der Waals surface area (Å²) in [6, 6.07) is 11.5. The summed E-state index contributed by atoms with van der Waals surface area (Å²) in [5.74, 6) is 1.36. The maximum absolute atomic E-state index is 11.8. The topological polar surface area (TPSA) is 42.2 Å². The molecule has 1 atom stereocenters. The van der Waals surface area contributed by atoms with E-state index in [1.807, 2.05) is 50.2 Å². The van der Waals surface area contributed by atoms with Crippen LogP contribution in [-0.2, 0) is 4.79 Å². The Bertz CT molecular complexity index is 614. The number of rotatable bonds is 4. The number of benzene rings is 1. The number of hydrogen-bond donors (Lipinski definition) is 1. The van der Waals surface area contributed by atoms with Crippen LogP contribution < -0.4 is 5.32 Å². The first-order valence-electron chi connectivity index (χ1n) is 6.35. The molecule has 0 saturated carbocycles. The van der Waals surface area contributed by atoms with Crippen LogP contribution in [0.4, 0.5) is 0 Å². The molecule has 3 nitrogen and oxygen atoms in total. The number of nitrogens with one attached hydrogen (secondary N) is 1. The summed E-state index contributed by atoms with van der Waals surface area (Å²) in [6.07, 6.45) is 3.14. The van der Waals surface area contributed by atoms with E-state index in [0.29, 0.717) is 5.76 Å². The molecular formula is C16H16BrNO2. The summed E-state index contributed by atoms with van der Waals surface area (Å²) >= 11 is 3.39. The monoisotopic (exact) mass is 333 g/mol. The van der Waals surface area contributed by atoms with E-state index in [1.165, 1.54) is 6.08 Å². The predicted octanol–water partition coefficient (Wildman–Crippen LogP) is 4.24. The number of aryl methyl sites for hydroxylation is 1. The average Bonchev–Trinajstić information content (AvgIpc) is 2.83. The number of hydrogen-bond acceptors (Lipinski definition) is 2. The number of amides is 1. The lowest BCUT2D eigenvalue weighted by molar-refractivity contribution is -0.117. The first-order valence-corrected chi connectivity index (χ1v) is 7.14. The lowest BCUT2D eigenvalue weighted by Crippen LogP contribution is -2.24. The molecule has 1 unspecified atom stereocenters. The Hall–Kier alpha value is -1.81. The van der Waals surface area contributed by atoms with Gasteiger partial charge in [0, 0.05) is 10.5 Å². The van der Waals surface area contributed by atoms with E-state index in [0.717, 1.165) is 15.8 Å². The van der Waals surface area contributed by atoms with Gasteiger partial charge in [0.2, 0.25) is 5.91 Å². The molecule has 1 amide bonds. The largest absolute Gasteiger partial charge is 0.462 e. The zero-order chi connectivity index (χ0) is 14.5. The van der Waals surface area contributed by atoms with Crippen LogP contribution in [0.25, 0.3) is 6.08 Å². The third kappa shape index (κ3) is 4.10. The van der Waals surface area contributed by atoms with Crippen molar-refractivity contribution in [2.75, 3.05) is 0 Å². The van der Waals surface area contributed by atoms with Crippen LogP contribution in [-0.4, -0.2) is 5.91 Å². The average molecular weight is 334 g/mol. The maximum Gasteiger partial charge on any atom is 0.244 e. The molecule has 20 heavy (non-hydrogen) atoms. The molecule has 0 aliphatic carbocycles. The molecule has 0 aliphatic rings. The molecule has 0 spiro atoms. The lowest BCUT2D eigenvalue weighted by atomic mass is 10.1. The second-order valence-electron chi connectivity index (χ2n) is 4.56. The van der Waals surface area contributed by atoms with Crippen LogP contribution in [0.5, 0.6) is 0 Å². The Kier molecular flexibility index (Phi) is 4.79. The Morgan fingerprint density at radius 1 is 1.25 bits per heavy atom. The van der Waals surface area contributed by atoms with E-state index in [1.54, 1.807) is 6.08 Å². The molecule has 0 aliphatic heterocycles. The van der Waals surface area contributed by atoms with Crippen LogP contribution in [0.15, 0.2) is 51.4 Å². The highest BCUT2D eigenvalue weighted by atomic mass is 79.9. The maximum atomic E-state index is 11.8. The molecule has 0 bridgehead atoms. The van der Waals surface area contributed by atoms with Crippen molar-refractivity contribution in [2.24, 2.45) is 0 Å². The summed E-state index contributed by atoms with van der Waals surface area (Å²) in [4.78, 5) is 11.8. The summed E-state index contributed by atoms with van der Waals surface area (Å²) in [6.45, 7) is 3.82. The molecule has 2 rings (SSSR count). The van der Waals surface area contributed by atoms with Gasteiger partial charge in [-0.25, -0.2) is 0 Å². The predicted molar refractivity (Wildman–Crippen MR) is 83.2 cm³/mol. The van der Waals surface area contributed by atoms with Crippen molar-refractivity contribution in [3.8, 4) is 0 Å². The van der Waals surface area contributed by atoms with Gasteiger partial charge in [-0.15, -0.1) is 0 Å². The zero-order valence-electron chi connectivity index (χ0n) is 11.4. The standard InChI is InChI=1S/C16H16BrNO2/c1-11-3-8-15(20-11)9-10-16(19)18-12(2)13-4-6-14(17)7-5-13/h3-10,12H,1-2H3,(H,18,19). The minimum atomic E-state index is -0.144. The Morgan fingerprint density at radius 3 is 2.55 bits per heavy atom. The van der Waals surface area contributed by atoms with Gasteiger partial charge in [-0.1, -0.05) is 28.1 Å². The fourth-order valence-electron chi connectivity index (χ4n) is 1.80. The molecule has 1 aromatic heterocycles. The minimum Gasteiger partial charge on any atom is -0.462 e. The molecule has 104 valence electrons. The Morgan fingerprint density at radius 2 is 1.95 bits per heavy atom. The van der Waals surface area contributed by atoms with E-state index >= 15 is 0 Å². The number of furan rings is 1. The van der Waals surface area contributed by atoms with Gasteiger partial charge in [0.1, 0.15) is 11.5 Å². The van der Waals surface area contributed by atoms with Crippen LogP contribution >= 0.6 is 15.9 Å². The van der Waals surface area contributed by atoms with Crippen molar-refractivity contribution in [3.05, 3.63) is 64.0 Å². The highest BCUT2D eigenvalue weighted by Gasteiger charge is 2.07. The van der Waals surface area contributed by atoms with Crippen molar-refractivity contribution >= 4 is 27.9 Å². The summed E-state index contributed by atoms with van der Waals surface area (Å²) < 4.78 is 6.39. The highest BCUT2D eigenvalue weighted by molar-refractivity contribution is 9.10. The van der Waals surface area contributed by atoms with Crippen LogP contribution in [0.1, 0.15) is 30.0 Å². The van der Waals surface area contributed by atoms with Crippen LogP contribution in [0.2, 0.25) is 0 Å². The summed E-state index contributed by atoms with van der Waals surface area (Å²) in [5, 5.41) is 2.91. The second-order valence-corrected chi connectivity index (χ2v) is 5.48. The second kappa shape index (κ2) is 6.57. The van der Waals surface area contributed by atoms with Gasteiger partial charge in [0.15, 0.2) is 0 Å². The van der Waals surface area contributed by atoms with Crippen LogP contribution in [0, 0.1) is 6.92 Å². The molecule has 0 saturated heterocycles. The Balaban J connectivity index is 1.94. The summed E-state index contributed by atoms with van der Waals surface area (Å²) in [5.41, 5.74) is 1.06. The lowest BCUT2D eigenvalue weighted by Gasteiger charge is -2.12. The zero-order valence-corrected chi connectivity index (χ0v) is 13.0. The molecule has 1 N–H and O–H groups in total. The quantitative estimate of drug-likeness (QED) is 0.850. The molecule has 1 aromatic carbocycles. The fourth-order valence-corrected chi connectivity index (χ4v) is 2.06. The van der Waals surface area contributed by atoms with Gasteiger partial charge in [-0.3, -0.25) is 4.79 Å². The first-order chi connectivity index (χ1) is 9.54. The number of carbonyl (C=O) groups excluding carboxylic acids is 1. The van der Waals surface area contributed by atoms with E-state index in [4.69, 9.17) is 4.42 Å². The number of halogens is 1. The fraction of sp³-hybridized carbons (Fsp3) is 0.188. The van der Waals surface area contributed by atoms with Crippen LogP contribution in [0.3, 0.4) is 0 Å². The van der Waals surface area contributed by atoms with Gasteiger partial charge in [0.05, 0.1) is 6.04 Å². The smallest absolute Gasteiger partial charge is 0.244 e. The number of carbonyl (C=O) groups is 1. The molecule has 0 fully saturated rings. The Labute approximate surface area is 126 Å². The SMILES string of the molecule is Cc1ccc(C=CC(=O)NC(C)c2ccc(Br)cc2)o1. The molecule has 1 heterocycles. The van der Waals surface area contributed by atoms with Gasteiger partial charge < -0.3 is 9.73 Å². The van der Waals surface area contributed by atoms with E-state index in [9.17, 15) is 4.79 Å². The van der Waals surface area contributed by atoms with E-state index in [2.05, 4.69) is 21.2 Å². The van der Waals surface area contributed by atoms with Gasteiger partial charge in [-0.2, -0.15) is 0 Å². The van der Waals surface area contributed by atoms with Crippen molar-refractivity contribution < 1.29 is 9.21 Å². The van der Waals surface area contributed by atoms with Gasteiger partial charge >= 0.3 is 0 Å². The molecule has 2 aromatic rings. The first kappa shape index (κ1) is 14.6. The van der Waals surface area contributed by atoms with Crippen molar-refractivity contribution in [1.82, 2.24) is 5.32 Å². The normalized spacial score (nSPS) is 12.6. The highest BCUT2D eigenvalue weighted by Crippen LogP contribution is 2.16. The van der Waals surface area contributed by atoms with E-state index < -0.39 is 0 Å². The molecular weight excluding hydrogens is 318 g/mol. The van der Waals surface area contributed by atoms with Crippen molar-refractivity contribution in [2.45, 2.75) is 19.9 Å². The van der Waals surface area contributed by atoms with E-state index in [-0.39, 0.29) is 11.9 Å². The van der Waals surface area contributed by atoms with Crippen molar-refractivity contribution in [3.63, 3.8) is 0 Å². The van der Waals surface area contributed by atoms with Crippen molar-refractivity contribution in [1.29, 1.82) is 0 Å². The van der Waals surface area contributed by atoms with Gasteiger partial charge in [0.25, 0.3) is 0 Å². The van der Waals surface area contributed by atoms with Gasteiger partial charge in [-0.05, 0) is 49.8 Å². The molecule has 4 heteroatoms. The minimum absolute atomic E-state index is 0.0430.